The zero-order valence-electron chi connectivity index (χ0n) is 12.4. The molecule has 0 radical (unpaired) electrons. The summed E-state index contributed by atoms with van der Waals surface area (Å²) in [4.78, 5) is 0.369. The van der Waals surface area contributed by atoms with Crippen molar-refractivity contribution in [2.24, 2.45) is 0 Å². The van der Waals surface area contributed by atoms with Crippen molar-refractivity contribution in [1.29, 1.82) is 0 Å². The molecule has 1 saturated heterocycles. The number of rotatable bonds is 6. The Morgan fingerprint density at radius 2 is 1.59 bits per heavy atom. The highest BCUT2D eigenvalue weighted by atomic mass is 32.2. The maximum atomic E-state index is 12.2. The van der Waals surface area contributed by atoms with Gasteiger partial charge in [0.05, 0.1) is 10.6 Å². The van der Waals surface area contributed by atoms with E-state index in [1.165, 1.54) is 5.56 Å². The van der Waals surface area contributed by atoms with Crippen molar-refractivity contribution in [2.45, 2.75) is 23.5 Å². The van der Waals surface area contributed by atoms with Gasteiger partial charge in [0.15, 0.2) is 9.84 Å². The zero-order chi connectivity index (χ0) is 15.6. The highest BCUT2D eigenvalue weighted by Crippen LogP contribution is 2.33. The molecule has 22 heavy (non-hydrogen) atoms. The van der Waals surface area contributed by atoms with Gasteiger partial charge >= 0.3 is 0 Å². The maximum absolute atomic E-state index is 12.2. The van der Waals surface area contributed by atoms with Crippen molar-refractivity contribution in [1.82, 2.24) is 0 Å². The van der Waals surface area contributed by atoms with E-state index < -0.39 is 9.84 Å². The lowest BCUT2D eigenvalue weighted by atomic mass is 10.2. The Kier molecular flexibility index (Phi) is 4.45. The van der Waals surface area contributed by atoms with Crippen molar-refractivity contribution in [2.75, 3.05) is 11.5 Å². The van der Waals surface area contributed by atoms with E-state index in [0.29, 0.717) is 10.6 Å². The second kappa shape index (κ2) is 6.34. The highest BCUT2D eigenvalue weighted by Gasteiger charge is 2.29. The average molecular weight is 334 g/mol. The van der Waals surface area contributed by atoms with Gasteiger partial charge in [0.25, 0.3) is 0 Å². The molecule has 2 aromatic carbocycles. The van der Waals surface area contributed by atoms with Crippen molar-refractivity contribution in [3.05, 3.63) is 54.1 Å². The minimum absolute atomic E-state index is 0.232. The van der Waals surface area contributed by atoms with Crippen LogP contribution < -0.4 is 4.74 Å². The third-order valence-corrected chi connectivity index (χ3v) is 6.57. The molecule has 5 heteroatoms. The first-order valence-corrected chi connectivity index (χ1v) is 9.98. The summed E-state index contributed by atoms with van der Waals surface area (Å²) in [6, 6.07) is 14.6. The van der Waals surface area contributed by atoms with Crippen LogP contribution in [-0.4, -0.2) is 25.2 Å². The molecule has 116 valence electrons. The van der Waals surface area contributed by atoms with E-state index in [1.807, 2.05) is 24.3 Å². The molecule has 1 aliphatic heterocycles. The lowest BCUT2D eigenvalue weighted by molar-refractivity contribution is 0.482. The molecule has 3 rings (SSSR count). The molecule has 0 bridgehead atoms. The van der Waals surface area contributed by atoms with Gasteiger partial charge in [-0.3, -0.25) is 0 Å². The third-order valence-electron chi connectivity index (χ3n) is 3.56. The van der Waals surface area contributed by atoms with Crippen LogP contribution >= 0.6 is 11.8 Å². The van der Waals surface area contributed by atoms with E-state index in [2.05, 4.69) is 6.92 Å². The van der Waals surface area contributed by atoms with Crippen molar-refractivity contribution >= 4 is 21.6 Å². The van der Waals surface area contributed by atoms with Crippen LogP contribution in [0.5, 0.6) is 11.5 Å². The standard InChI is InChI=1S/C17H18O3S2/c1-2-13-3-5-14(6-4-13)20-15-7-9-17(10-8-15)22(18,19)12-16-11-21-16/h3-10,16H,2,11-12H2,1H3. The summed E-state index contributed by atoms with van der Waals surface area (Å²) in [5.41, 5.74) is 1.26. The first-order valence-electron chi connectivity index (χ1n) is 7.28. The van der Waals surface area contributed by atoms with Gasteiger partial charge in [0.1, 0.15) is 11.5 Å². The molecule has 3 nitrogen and oxygen atoms in total. The fourth-order valence-electron chi connectivity index (χ4n) is 2.15. The van der Waals surface area contributed by atoms with E-state index in [-0.39, 0.29) is 11.0 Å². The Morgan fingerprint density at radius 1 is 1.05 bits per heavy atom. The molecule has 0 aliphatic carbocycles. The first kappa shape index (κ1) is 15.4. The second-order valence-corrected chi connectivity index (χ2v) is 8.68. The number of sulfone groups is 1. The zero-order valence-corrected chi connectivity index (χ0v) is 14.0. The number of thioether (sulfide) groups is 1. The number of hydrogen-bond acceptors (Lipinski definition) is 4. The van der Waals surface area contributed by atoms with E-state index in [1.54, 1.807) is 36.0 Å². The van der Waals surface area contributed by atoms with Crippen molar-refractivity contribution in [3.8, 4) is 11.5 Å². The number of benzene rings is 2. The fourth-order valence-corrected chi connectivity index (χ4v) is 4.83. The Labute approximate surface area is 135 Å². The molecule has 1 fully saturated rings. The molecule has 0 aromatic heterocycles. The molecular weight excluding hydrogens is 316 g/mol. The Balaban J connectivity index is 1.70. The molecule has 1 aliphatic rings. The quantitative estimate of drug-likeness (QED) is 0.751. The van der Waals surface area contributed by atoms with Gasteiger partial charge in [0.2, 0.25) is 0 Å². The molecule has 0 amide bonds. The van der Waals surface area contributed by atoms with E-state index in [9.17, 15) is 8.42 Å². The van der Waals surface area contributed by atoms with Crippen LogP contribution in [0.1, 0.15) is 12.5 Å². The summed E-state index contributed by atoms with van der Waals surface area (Å²) in [5, 5.41) is 0.276. The Bertz CT molecular complexity index is 730. The van der Waals surface area contributed by atoms with Gasteiger partial charge < -0.3 is 4.74 Å². The summed E-state index contributed by atoms with van der Waals surface area (Å²) in [6.07, 6.45) is 0.992. The van der Waals surface area contributed by atoms with Crippen LogP contribution in [0.25, 0.3) is 0 Å². The van der Waals surface area contributed by atoms with E-state index in [0.717, 1.165) is 17.9 Å². The van der Waals surface area contributed by atoms with Gasteiger partial charge in [-0.15, -0.1) is 0 Å². The summed E-state index contributed by atoms with van der Waals surface area (Å²) in [7, 11) is -3.17. The van der Waals surface area contributed by atoms with Crippen molar-refractivity contribution in [3.63, 3.8) is 0 Å². The predicted molar refractivity (Wildman–Crippen MR) is 90.6 cm³/mol. The van der Waals surface area contributed by atoms with Crippen LogP contribution in [0.4, 0.5) is 0 Å². The number of hydrogen-bond donors (Lipinski definition) is 0. The van der Waals surface area contributed by atoms with Gasteiger partial charge in [-0.1, -0.05) is 19.1 Å². The molecular formula is C17H18O3S2. The second-order valence-electron chi connectivity index (χ2n) is 5.31. The van der Waals surface area contributed by atoms with Gasteiger partial charge in [-0.2, -0.15) is 11.8 Å². The van der Waals surface area contributed by atoms with E-state index >= 15 is 0 Å². The van der Waals surface area contributed by atoms with Crippen LogP contribution in [0.2, 0.25) is 0 Å². The molecule has 1 unspecified atom stereocenters. The summed E-state index contributed by atoms with van der Waals surface area (Å²) in [6.45, 7) is 2.11. The molecule has 1 atom stereocenters. The monoisotopic (exact) mass is 334 g/mol. The minimum Gasteiger partial charge on any atom is -0.457 e. The molecule has 0 saturated carbocycles. The van der Waals surface area contributed by atoms with Crippen LogP contribution in [0.3, 0.4) is 0 Å². The van der Waals surface area contributed by atoms with Gasteiger partial charge in [-0.25, -0.2) is 8.42 Å². The van der Waals surface area contributed by atoms with Gasteiger partial charge in [0, 0.05) is 11.0 Å². The molecule has 2 aromatic rings. The number of aryl methyl sites for hydroxylation is 1. The van der Waals surface area contributed by atoms with Crippen molar-refractivity contribution < 1.29 is 13.2 Å². The molecule has 0 N–H and O–H groups in total. The lowest BCUT2D eigenvalue weighted by Crippen LogP contribution is -2.10. The lowest BCUT2D eigenvalue weighted by Gasteiger charge is -2.08. The summed E-state index contributed by atoms with van der Waals surface area (Å²) < 4.78 is 30.1. The van der Waals surface area contributed by atoms with Crippen LogP contribution in [-0.2, 0) is 16.3 Å². The summed E-state index contributed by atoms with van der Waals surface area (Å²) >= 11 is 1.69. The first-order chi connectivity index (χ1) is 10.6. The molecule has 0 spiro atoms. The Hall–Kier alpha value is -1.46. The predicted octanol–water partition coefficient (Wildman–Crippen LogP) is 3.93. The fraction of sp³-hybridized carbons (Fsp3) is 0.294. The average Bonchev–Trinajstić information content (AvgIpc) is 3.32. The third kappa shape index (κ3) is 3.84. The topological polar surface area (TPSA) is 43.4 Å². The summed E-state index contributed by atoms with van der Waals surface area (Å²) in [5.74, 6) is 2.58. The SMILES string of the molecule is CCc1ccc(Oc2ccc(S(=O)(=O)CC3CS3)cc2)cc1. The van der Waals surface area contributed by atoms with Crippen LogP contribution in [0, 0.1) is 0 Å². The minimum atomic E-state index is -3.17. The molecule has 1 heterocycles. The Morgan fingerprint density at radius 3 is 2.09 bits per heavy atom. The van der Waals surface area contributed by atoms with Crippen LogP contribution in [0.15, 0.2) is 53.4 Å². The highest BCUT2D eigenvalue weighted by molar-refractivity contribution is 8.08. The maximum Gasteiger partial charge on any atom is 0.179 e. The number of ether oxygens (including phenoxy) is 1. The normalized spacial score (nSPS) is 17.2. The smallest absolute Gasteiger partial charge is 0.179 e. The largest absolute Gasteiger partial charge is 0.457 e. The van der Waals surface area contributed by atoms with Gasteiger partial charge in [-0.05, 0) is 48.4 Å². The van der Waals surface area contributed by atoms with E-state index in [4.69, 9.17) is 4.74 Å².